The van der Waals surface area contributed by atoms with E-state index in [0.29, 0.717) is 34.1 Å². The lowest BCUT2D eigenvalue weighted by Crippen LogP contribution is -2.33. The normalized spacial score (nSPS) is 15.6. The molecule has 30 heavy (non-hydrogen) atoms. The SMILES string of the molecule is COC(=O)[C@@H](N)Cc1ccc(Oc2ccc(/C=C3/SC(=O)NC3=O)cc2OC)cc1. The number of methoxy groups -OCH3 is 2. The molecule has 1 heterocycles. The van der Waals surface area contributed by atoms with Gasteiger partial charge in [0.05, 0.1) is 19.1 Å². The van der Waals surface area contributed by atoms with Crippen molar-refractivity contribution in [3.05, 3.63) is 58.5 Å². The predicted octanol–water partition coefficient (Wildman–Crippen LogP) is 2.85. The minimum absolute atomic E-state index is 0.316. The summed E-state index contributed by atoms with van der Waals surface area (Å²) in [5.74, 6) is 0.643. The average molecular weight is 428 g/mol. The van der Waals surface area contributed by atoms with Gasteiger partial charge < -0.3 is 19.9 Å². The zero-order valence-electron chi connectivity index (χ0n) is 16.3. The quantitative estimate of drug-likeness (QED) is 0.511. The van der Waals surface area contributed by atoms with Crippen LogP contribution in [0.5, 0.6) is 17.2 Å². The van der Waals surface area contributed by atoms with Crippen LogP contribution in [0.1, 0.15) is 11.1 Å². The van der Waals surface area contributed by atoms with Gasteiger partial charge in [0.2, 0.25) is 0 Å². The zero-order chi connectivity index (χ0) is 21.7. The van der Waals surface area contributed by atoms with Crippen molar-refractivity contribution in [3.63, 3.8) is 0 Å². The van der Waals surface area contributed by atoms with Crippen LogP contribution in [0.3, 0.4) is 0 Å². The van der Waals surface area contributed by atoms with Crippen LogP contribution in [0.2, 0.25) is 0 Å². The van der Waals surface area contributed by atoms with E-state index in [1.807, 2.05) is 12.1 Å². The third kappa shape index (κ3) is 5.19. The molecule has 1 saturated heterocycles. The van der Waals surface area contributed by atoms with Crippen LogP contribution in [0, 0.1) is 0 Å². The van der Waals surface area contributed by atoms with E-state index in [-0.39, 0.29) is 0 Å². The number of esters is 1. The summed E-state index contributed by atoms with van der Waals surface area (Å²) >= 11 is 0.849. The molecule has 8 nitrogen and oxygen atoms in total. The van der Waals surface area contributed by atoms with Crippen LogP contribution >= 0.6 is 11.8 Å². The summed E-state index contributed by atoms with van der Waals surface area (Å²) in [7, 11) is 2.81. The van der Waals surface area contributed by atoms with Gasteiger partial charge in [0.25, 0.3) is 11.1 Å². The van der Waals surface area contributed by atoms with Gasteiger partial charge in [0.15, 0.2) is 11.5 Å². The second-order valence-electron chi connectivity index (χ2n) is 6.34. The second kappa shape index (κ2) is 9.47. The lowest BCUT2D eigenvalue weighted by molar-refractivity contribution is -0.142. The molecule has 3 N–H and O–H groups in total. The first kappa shape index (κ1) is 21.4. The summed E-state index contributed by atoms with van der Waals surface area (Å²) in [4.78, 5) is 34.7. The van der Waals surface area contributed by atoms with Gasteiger partial charge in [0, 0.05) is 0 Å². The Bertz CT molecular complexity index is 1000. The van der Waals surface area contributed by atoms with Gasteiger partial charge in [-0.1, -0.05) is 18.2 Å². The van der Waals surface area contributed by atoms with Crippen molar-refractivity contribution in [1.29, 1.82) is 0 Å². The Morgan fingerprint density at radius 1 is 1.13 bits per heavy atom. The Balaban J connectivity index is 1.72. The predicted molar refractivity (Wildman–Crippen MR) is 112 cm³/mol. The van der Waals surface area contributed by atoms with E-state index in [1.54, 1.807) is 36.4 Å². The molecule has 1 fully saturated rings. The zero-order valence-corrected chi connectivity index (χ0v) is 17.2. The van der Waals surface area contributed by atoms with Gasteiger partial charge in [-0.3, -0.25) is 19.7 Å². The maximum Gasteiger partial charge on any atom is 0.322 e. The van der Waals surface area contributed by atoms with E-state index >= 15 is 0 Å². The summed E-state index contributed by atoms with van der Waals surface area (Å²) < 4.78 is 15.9. The number of rotatable bonds is 7. The van der Waals surface area contributed by atoms with Gasteiger partial charge in [0.1, 0.15) is 11.8 Å². The smallest absolute Gasteiger partial charge is 0.322 e. The monoisotopic (exact) mass is 428 g/mol. The van der Waals surface area contributed by atoms with Crippen LogP contribution < -0.4 is 20.5 Å². The lowest BCUT2D eigenvalue weighted by atomic mass is 10.1. The van der Waals surface area contributed by atoms with E-state index in [1.165, 1.54) is 14.2 Å². The Morgan fingerprint density at radius 2 is 1.87 bits per heavy atom. The molecule has 1 aliphatic rings. The highest BCUT2D eigenvalue weighted by molar-refractivity contribution is 8.18. The third-order valence-electron chi connectivity index (χ3n) is 4.24. The number of hydrogen-bond donors (Lipinski definition) is 2. The van der Waals surface area contributed by atoms with Crippen LogP contribution in [0.15, 0.2) is 47.4 Å². The van der Waals surface area contributed by atoms with E-state index in [2.05, 4.69) is 10.1 Å². The number of nitrogens with two attached hydrogens (primary N) is 1. The molecule has 3 rings (SSSR count). The van der Waals surface area contributed by atoms with Gasteiger partial charge in [-0.25, -0.2) is 0 Å². The molecule has 0 aromatic heterocycles. The number of imide groups is 1. The second-order valence-corrected chi connectivity index (χ2v) is 7.36. The van der Waals surface area contributed by atoms with Crippen molar-refractivity contribution in [3.8, 4) is 17.2 Å². The number of ether oxygens (including phenoxy) is 3. The fourth-order valence-corrected chi connectivity index (χ4v) is 3.42. The number of carbonyl (C=O) groups excluding carboxylic acids is 3. The number of thioether (sulfide) groups is 1. The van der Waals surface area contributed by atoms with Crippen LogP contribution in [-0.2, 0) is 20.7 Å². The highest BCUT2D eigenvalue weighted by Crippen LogP contribution is 2.34. The molecule has 2 amide bonds. The molecular weight excluding hydrogens is 408 g/mol. The van der Waals surface area contributed by atoms with Crippen molar-refractivity contribution in [2.75, 3.05) is 14.2 Å². The maximum absolute atomic E-state index is 11.7. The summed E-state index contributed by atoms with van der Waals surface area (Å²) in [6, 6.07) is 11.6. The first-order chi connectivity index (χ1) is 14.4. The Hall–Kier alpha value is -3.30. The number of amides is 2. The highest BCUT2D eigenvalue weighted by atomic mass is 32.2. The molecule has 0 bridgehead atoms. The van der Waals surface area contributed by atoms with E-state index in [4.69, 9.17) is 15.2 Å². The molecule has 0 radical (unpaired) electrons. The Kier molecular flexibility index (Phi) is 6.76. The average Bonchev–Trinajstić information content (AvgIpc) is 3.06. The summed E-state index contributed by atoms with van der Waals surface area (Å²) in [6.45, 7) is 0. The van der Waals surface area contributed by atoms with Crippen molar-refractivity contribution in [1.82, 2.24) is 5.32 Å². The fraction of sp³-hybridized carbons (Fsp3) is 0.190. The van der Waals surface area contributed by atoms with E-state index < -0.39 is 23.2 Å². The van der Waals surface area contributed by atoms with Crippen LogP contribution in [0.4, 0.5) is 4.79 Å². The molecule has 9 heteroatoms. The third-order valence-corrected chi connectivity index (χ3v) is 5.05. The Morgan fingerprint density at radius 3 is 2.47 bits per heavy atom. The molecule has 2 aromatic carbocycles. The van der Waals surface area contributed by atoms with E-state index in [9.17, 15) is 14.4 Å². The van der Waals surface area contributed by atoms with Gasteiger partial charge in [-0.2, -0.15) is 0 Å². The first-order valence-corrected chi connectivity index (χ1v) is 9.74. The molecule has 1 aliphatic heterocycles. The Labute approximate surface area is 177 Å². The first-order valence-electron chi connectivity index (χ1n) is 8.92. The number of carbonyl (C=O) groups is 3. The van der Waals surface area contributed by atoms with Gasteiger partial charge in [-0.15, -0.1) is 0 Å². The highest BCUT2D eigenvalue weighted by Gasteiger charge is 2.25. The largest absolute Gasteiger partial charge is 0.493 e. The molecule has 0 saturated carbocycles. The van der Waals surface area contributed by atoms with Gasteiger partial charge in [-0.05, 0) is 59.7 Å². The summed E-state index contributed by atoms with van der Waals surface area (Å²) in [6.07, 6.45) is 1.96. The van der Waals surface area contributed by atoms with E-state index in [0.717, 1.165) is 17.3 Å². The van der Waals surface area contributed by atoms with Crippen molar-refractivity contribution in [2.24, 2.45) is 5.73 Å². The van der Waals surface area contributed by atoms with Crippen molar-refractivity contribution in [2.45, 2.75) is 12.5 Å². The standard InChI is InChI=1S/C21H20N2O6S/c1-27-17-10-13(11-18-19(24)23-21(26)30-18)5-8-16(17)29-14-6-3-12(4-7-14)9-15(22)20(25)28-2/h3-8,10-11,15H,9,22H2,1-2H3,(H,23,24,26)/b18-11+/t15-/m0/s1. The van der Waals surface area contributed by atoms with Crippen molar-refractivity contribution >= 4 is 35.0 Å². The number of nitrogens with one attached hydrogen (secondary N) is 1. The molecule has 1 atom stereocenters. The van der Waals surface area contributed by atoms with Crippen molar-refractivity contribution < 1.29 is 28.6 Å². The molecule has 0 unspecified atom stereocenters. The molecule has 0 aliphatic carbocycles. The fourth-order valence-electron chi connectivity index (χ4n) is 2.74. The maximum atomic E-state index is 11.7. The van der Waals surface area contributed by atoms with Crippen LogP contribution in [-0.4, -0.2) is 37.4 Å². The summed E-state index contributed by atoms with van der Waals surface area (Å²) in [5.41, 5.74) is 7.34. The van der Waals surface area contributed by atoms with Crippen LogP contribution in [0.25, 0.3) is 6.08 Å². The molecule has 0 spiro atoms. The topological polar surface area (TPSA) is 117 Å². The minimum Gasteiger partial charge on any atom is -0.493 e. The molecule has 156 valence electrons. The lowest BCUT2D eigenvalue weighted by Gasteiger charge is -2.12. The number of hydrogen-bond acceptors (Lipinski definition) is 8. The molecule has 2 aromatic rings. The summed E-state index contributed by atoms with van der Waals surface area (Å²) in [5, 5.41) is 1.82. The number of benzene rings is 2. The molecular formula is C21H20N2O6S. The van der Waals surface area contributed by atoms with Gasteiger partial charge >= 0.3 is 5.97 Å². The minimum atomic E-state index is -0.723.